The maximum absolute atomic E-state index is 14.0. The molecular weight excluding hydrogens is 576 g/mol. The van der Waals surface area contributed by atoms with E-state index >= 15 is 0 Å². The molecule has 3 aromatic carbocycles. The van der Waals surface area contributed by atoms with Crippen LogP contribution in [0.4, 0.5) is 0 Å². The van der Waals surface area contributed by atoms with E-state index in [1.807, 2.05) is 79.7 Å². The van der Waals surface area contributed by atoms with Gasteiger partial charge in [0.25, 0.3) is 5.91 Å². The Bertz CT molecular complexity index is 1300. The summed E-state index contributed by atoms with van der Waals surface area (Å²) in [5, 5.41) is 3.29. The number of rotatable bonds is 10. The van der Waals surface area contributed by atoms with Crippen molar-refractivity contribution in [1.29, 1.82) is 0 Å². The predicted molar refractivity (Wildman–Crippen MR) is 169 cm³/mol. The van der Waals surface area contributed by atoms with Gasteiger partial charge in [0.15, 0.2) is 6.61 Å². The minimum absolute atomic E-state index is 0.00192. The van der Waals surface area contributed by atoms with Crippen molar-refractivity contribution in [3.63, 3.8) is 0 Å². The number of carbonyl (C=O) groups is 2. The Hall–Kier alpha value is -3.12. The quantitative estimate of drug-likeness (QED) is 0.255. The molecule has 0 heterocycles. The lowest BCUT2D eigenvalue weighted by molar-refractivity contribution is -0.143. The second-order valence-corrected chi connectivity index (χ2v) is 13.1. The molecule has 1 saturated carbocycles. The van der Waals surface area contributed by atoms with Crippen LogP contribution in [0, 0.1) is 6.92 Å². The van der Waals surface area contributed by atoms with E-state index in [4.69, 9.17) is 4.74 Å². The molecule has 0 aromatic heterocycles. The summed E-state index contributed by atoms with van der Waals surface area (Å²) in [7, 11) is 0. The molecule has 0 unspecified atom stereocenters. The summed E-state index contributed by atoms with van der Waals surface area (Å²) in [5.41, 5.74) is 4.31. The zero-order chi connectivity index (χ0) is 29.4. The molecule has 6 heteroatoms. The van der Waals surface area contributed by atoms with Gasteiger partial charge in [0.2, 0.25) is 5.91 Å². The molecule has 3 aromatic rings. The van der Waals surface area contributed by atoms with Gasteiger partial charge in [-0.05, 0) is 69.9 Å². The lowest BCUT2D eigenvalue weighted by atomic mass is 9.87. The van der Waals surface area contributed by atoms with Gasteiger partial charge in [-0.3, -0.25) is 9.59 Å². The molecule has 2 amide bonds. The van der Waals surface area contributed by atoms with Crippen LogP contribution < -0.4 is 10.1 Å². The second kappa shape index (κ2) is 14.2. The molecule has 1 aliphatic rings. The van der Waals surface area contributed by atoms with E-state index in [0.29, 0.717) is 18.7 Å². The van der Waals surface area contributed by atoms with Crippen LogP contribution in [0.5, 0.6) is 5.75 Å². The first-order chi connectivity index (χ1) is 19.6. The average Bonchev–Trinajstić information content (AvgIpc) is 2.95. The van der Waals surface area contributed by atoms with Gasteiger partial charge in [0, 0.05) is 19.0 Å². The number of aryl methyl sites for hydroxylation is 1. The number of hydrogen-bond acceptors (Lipinski definition) is 3. The average molecular weight is 620 g/mol. The number of nitrogens with zero attached hydrogens (tertiary/aromatic N) is 1. The minimum Gasteiger partial charge on any atom is -0.483 e. The molecule has 0 aliphatic heterocycles. The highest BCUT2D eigenvalue weighted by molar-refractivity contribution is 9.10. The highest BCUT2D eigenvalue weighted by Crippen LogP contribution is 2.31. The molecule has 1 aliphatic carbocycles. The predicted octanol–water partition coefficient (Wildman–Crippen LogP) is 7.52. The van der Waals surface area contributed by atoms with Crippen LogP contribution in [-0.2, 0) is 28.0 Å². The number of benzene rings is 3. The van der Waals surface area contributed by atoms with E-state index in [9.17, 15) is 9.59 Å². The third-order valence-electron chi connectivity index (χ3n) is 7.85. The summed E-state index contributed by atoms with van der Waals surface area (Å²) in [4.78, 5) is 29.6. The topological polar surface area (TPSA) is 58.6 Å². The molecular formula is C35H43BrN2O3. The molecule has 1 N–H and O–H groups in total. The Labute approximate surface area is 253 Å². The van der Waals surface area contributed by atoms with Crippen molar-refractivity contribution < 1.29 is 14.3 Å². The Balaban J connectivity index is 1.60. The van der Waals surface area contributed by atoms with Crippen molar-refractivity contribution in [3.8, 4) is 5.75 Å². The largest absolute Gasteiger partial charge is 0.483 e. The second-order valence-electron chi connectivity index (χ2n) is 12.2. The zero-order valence-electron chi connectivity index (χ0n) is 24.8. The first-order valence-corrected chi connectivity index (χ1v) is 15.5. The van der Waals surface area contributed by atoms with Gasteiger partial charge in [-0.1, -0.05) is 106 Å². The van der Waals surface area contributed by atoms with Gasteiger partial charge in [-0.15, -0.1) is 0 Å². The zero-order valence-corrected chi connectivity index (χ0v) is 26.4. The Kier molecular flexibility index (Phi) is 10.7. The van der Waals surface area contributed by atoms with Crippen molar-refractivity contribution in [1.82, 2.24) is 10.2 Å². The smallest absolute Gasteiger partial charge is 0.261 e. The van der Waals surface area contributed by atoms with E-state index in [1.165, 1.54) is 12.0 Å². The van der Waals surface area contributed by atoms with E-state index in [-0.39, 0.29) is 29.9 Å². The third-order valence-corrected chi connectivity index (χ3v) is 8.46. The van der Waals surface area contributed by atoms with Gasteiger partial charge in [-0.25, -0.2) is 0 Å². The molecule has 0 bridgehead atoms. The fourth-order valence-corrected chi connectivity index (χ4v) is 5.79. The summed E-state index contributed by atoms with van der Waals surface area (Å²) < 4.78 is 6.87. The van der Waals surface area contributed by atoms with Crippen LogP contribution in [0.1, 0.15) is 75.1 Å². The standard InChI is InChI=1S/C35H43BrN2O3/c1-25-15-17-27(18-16-25)23-38(33(39)24-41-32-20-19-28(22-30(32)36)35(2,3)4)31(21-26-11-7-5-8-12-26)34(40)37-29-13-9-6-10-14-29/h5,7-8,11-12,15-20,22,29,31H,6,9-10,13-14,21,23-24H2,1-4H3,(H,37,40)/t31-/m1/s1. The van der Waals surface area contributed by atoms with Crippen LogP contribution in [0.25, 0.3) is 0 Å². The minimum atomic E-state index is -0.663. The number of halogens is 1. The highest BCUT2D eigenvalue weighted by Gasteiger charge is 2.32. The number of amides is 2. The Morgan fingerprint density at radius 2 is 1.63 bits per heavy atom. The molecule has 1 atom stereocenters. The summed E-state index contributed by atoms with van der Waals surface area (Å²) in [6.07, 6.45) is 5.85. The van der Waals surface area contributed by atoms with Crippen molar-refractivity contribution in [2.24, 2.45) is 0 Å². The first-order valence-electron chi connectivity index (χ1n) is 14.7. The van der Waals surface area contributed by atoms with E-state index in [1.54, 1.807) is 4.90 Å². The molecule has 0 radical (unpaired) electrons. The number of carbonyl (C=O) groups excluding carboxylic acids is 2. The van der Waals surface area contributed by atoms with Gasteiger partial charge in [0.05, 0.1) is 4.47 Å². The SMILES string of the molecule is Cc1ccc(CN(C(=O)COc2ccc(C(C)(C)C)cc2Br)[C@H](Cc2ccccc2)C(=O)NC2CCCCC2)cc1. The van der Waals surface area contributed by atoms with E-state index in [2.05, 4.69) is 42.0 Å². The molecule has 0 spiro atoms. The maximum Gasteiger partial charge on any atom is 0.261 e. The van der Waals surface area contributed by atoms with Gasteiger partial charge in [0.1, 0.15) is 11.8 Å². The number of nitrogens with one attached hydrogen (secondary N) is 1. The van der Waals surface area contributed by atoms with Gasteiger partial charge in [-0.2, -0.15) is 0 Å². The van der Waals surface area contributed by atoms with Crippen LogP contribution in [-0.4, -0.2) is 35.4 Å². The molecule has 4 rings (SSSR count). The van der Waals surface area contributed by atoms with Crippen molar-refractivity contribution in [2.45, 2.75) is 90.3 Å². The van der Waals surface area contributed by atoms with E-state index < -0.39 is 6.04 Å². The summed E-state index contributed by atoms with van der Waals surface area (Å²) >= 11 is 3.62. The molecule has 5 nitrogen and oxygen atoms in total. The first kappa shape index (κ1) is 30.8. The number of hydrogen-bond donors (Lipinski definition) is 1. The van der Waals surface area contributed by atoms with Crippen LogP contribution in [0.15, 0.2) is 77.3 Å². The van der Waals surface area contributed by atoms with Crippen LogP contribution >= 0.6 is 15.9 Å². The van der Waals surface area contributed by atoms with Crippen LogP contribution in [0.3, 0.4) is 0 Å². The van der Waals surface area contributed by atoms with Crippen LogP contribution in [0.2, 0.25) is 0 Å². The van der Waals surface area contributed by atoms with Gasteiger partial charge >= 0.3 is 0 Å². The Morgan fingerprint density at radius 1 is 0.951 bits per heavy atom. The monoisotopic (exact) mass is 618 g/mol. The van der Waals surface area contributed by atoms with Gasteiger partial charge < -0.3 is 15.0 Å². The normalized spacial score (nSPS) is 14.8. The fourth-order valence-electron chi connectivity index (χ4n) is 5.30. The Morgan fingerprint density at radius 3 is 2.27 bits per heavy atom. The molecule has 0 saturated heterocycles. The van der Waals surface area contributed by atoms with Crippen molar-refractivity contribution in [2.75, 3.05) is 6.61 Å². The lowest BCUT2D eigenvalue weighted by Crippen LogP contribution is -2.53. The lowest BCUT2D eigenvalue weighted by Gasteiger charge is -2.33. The fraction of sp³-hybridized carbons (Fsp3) is 0.429. The van der Waals surface area contributed by atoms with Crippen molar-refractivity contribution >= 4 is 27.7 Å². The number of ether oxygens (including phenoxy) is 1. The molecule has 1 fully saturated rings. The summed E-state index contributed by atoms with van der Waals surface area (Å²) in [5.74, 6) is 0.280. The van der Waals surface area contributed by atoms with Crippen molar-refractivity contribution in [3.05, 3.63) is 99.5 Å². The summed E-state index contributed by atoms with van der Waals surface area (Å²) in [6.45, 7) is 8.68. The molecule has 218 valence electrons. The summed E-state index contributed by atoms with van der Waals surface area (Å²) in [6, 6.07) is 23.5. The van der Waals surface area contributed by atoms with E-state index in [0.717, 1.165) is 46.8 Å². The third kappa shape index (κ3) is 8.93. The molecule has 41 heavy (non-hydrogen) atoms. The maximum atomic E-state index is 14.0. The highest BCUT2D eigenvalue weighted by atomic mass is 79.9.